The van der Waals surface area contributed by atoms with Crippen LogP contribution < -0.4 is 10.2 Å². The summed E-state index contributed by atoms with van der Waals surface area (Å²) in [4.78, 5) is 24.8. The van der Waals surface area contributed by atoms with Crippen molar-refractivity contribution in [3.05, 3.63) is 29.8 Å². The summed E-state index contributed by atoms with van der Waals surface area (Å²) in [6, 6.07) is 6.86. The summed E-state index contributed by atoms with van der Waals surface area (Å²) in [7, 11) is 0. The first kappa shape index (κ1) is 10.7. The van der Waals surface area contributed by atoms with Gasteiger partial charge in [-0.15, -0.1) is 0 Å². The van der Waals surface area contributed by atoms with Crippen LogP contribution >= 0.6 is 0 Å². The van der Waals surface area contributed by atoms with Crippen LogP contribution in [0.1, 0.15) is 18.9 Å². The van der Waals surface area contributed by atoms with Gasteiger partial charge < -0.3 is 0 Å². The summed E-state index contributed by atoms with van der Waals surface area (Å²) in [5.74, 6) is -0.212. The molecule has 1 N–H and O–H groups in total. The Morgan fingerprint density at radius 2 is 2.00 bits per heavy atom. The van der Waals surface area contributed by atoms with E-state index in [4.69, 9.17) is 0 Å². The molecular formula is C12H14N2O2. The highest BCUT2D eigenvalue weighted by Crippen LogP contribution is 2.25. The monoisotopic (exact) mass is 218 g/mol. The SMILES string of the molecule is CCC1C(=O)NC(=O)N1c1ccccc1C. The first-order valence-electron chi connectivity index (χ1n) is 5.35. The maximum Gasteiger partial charge on any atom is 0.329 e. The van der Waals surface area contributed by atoms with E-state index < -0.39 is 0 Å². The van der Waals surface area contributed by atoms with Gasteiger partial charge in [0.15, 0.2) is 0 Å². The lowest BCUT2D eigenvalue weighted by atomic mass is 10.1. The van der Waals surface area contributed by atoms with E-state index in [1.54, 1.807) is 0 Å². The molecule has 3 amide bonds. The molecule has 1 aliphatic rings. The third-order valence-corrected chi connectivity index (χ3v) is 2.82. The minimum atomic E-state index is -0.381. The number of urea groups is 1. The van der Waals surface area contributed by atoms with Gasteiger partial charge in [-0.25, -0.2) is 4.79 Å². The molecular weight excluding hydrogens is 204 g/mol. The fourth-order valence-corrected chi connectivity index (χ4v) is 1.99. The minimum Gasteiger partial charge on any atom is -0.281 e. The van der Waals surface area contributed by atoms with Crippen LogP contribution in [0.5, 0.6) is 0 Å². The molecule has 1 aromatic carbocycles. The zero-order chi connectivity index (χ0) is 11.7. The number of hydrogen-bond acceptors (Lipinski definition) is 2. The summed E-state index contributed by atoms with van der Waals surface area (Å²) in [5, 5.41) is 2.34. The van der Waals surface area contributed by atoms with Crippen molar-refractivity contribution in [2.24, 2.45) is 0 Å². The quantitative estimate of drug-likeness (QED) is 0.770. The van der Waals surface area contributed by atoms with Gasteiger partial charge in [0, 0.05) is 5.69 Å². The normalized spacial score (nSPS) is 20.1. The van der Waals surface area contributed by atoms with Crippen LogP contribution in [0.15, 0.2) is 24.3 Å². The van der Waals surface area contributed by atoms with Crippen LogP contribution in [0.25, 0.3) is 0 Å². The van der Waals surface area contributed by atoms with Crippen molar-refractivity contribution < 1.29 is 9.59 Å². The Morgan fingerprint density at radius 3 is 2.62 bits per heavy atom. The molecule has 4 nitrogen and oxygen atoms in total. The lowest BCUT2D eigenvalue weighted by Crippen LogP contribution is -2.35. The number of anilines is 1. The standard InChI is InChI=1S/C12H14N2O2/c1-3-9-11(15)13-12(16)14(9)10-7-5-4-6-8(10)2/h4-7,9H,3H2,1-2H3,(H,13,15,16). The van der Waals surface area contributed by atoms with E-state index in [1.165, 1.54) is 4.90 Å². The van der Waals surface area contributed by atoms with E-state index in [0.29, 0.717) is 6.42 Å². The molecule has 1 aliphatic heterocycles. The predicted molar refractivity (Wildman–Crippen MR) is 61.3 cm³/mol. The molecule has 1 fully saturated rings. The van der Waals surface area contributed by atoms with Gasteiger partial charge in [0.05, 0.1) is 0 Å². The Balaban J connectivity index is 2.43. The Labute approximate surface area is 94.2 Å². The average Bonchev–Trinajstić information content (AvgIpc) is 2.54. The number of benzene rings is 1. The number of carbonyl (C=O) groups excluding carboxylic acids is 2. The molecule has 1 unspecified atom stereocenters. The molecule has 0 aromatic heterocycles. The van der Waals surface area contributed by atoms with Gasteiger partial charge in [0.2, 0.25) is 0 Å². The van der Waals surface area contributed by atoms with Gasteiger partial charge in [-0.1, -0.05) is 25.1 Å². The molecule has 0 bridgehead atoms. The lowest BCUT2D eigenvalue weighted by Gasteiger charge is -2.22. The Kier molecular flexibility index (Phi) is 2.64. The Bertz CT molecular complexity index is 442. The summed E-state index contributed by atoms with van der Waals surface area (Å²) in [5.41, 5.74) is 1.79. The first-order valence-corrected chi connectivity index (χ1v) is 5.35. The fourth-order valence-electron chi connectivity index (χ4n) is 1.99. The largest absolute Gasteiger partial charge is 0.329 e. The van der Waals surface area contributed by atoms with E-state index in [-0.39, 0.29) is 18.0 Å². The van der Waals surface area contributed by atoms with Gasteiger partial charge in [-0.05, 0) is 25.0 Å². The summed E-state index contributed by atoms with van der Waals surface area (Å²) >= 11 is 0. The van der Waals surface area contributed by atoms with Crippen LogP contribution in [0.4, 0.5) is 10.5 Å². The van der Waals surface area contributed by atoms with Crippen molar-refractivity contribution in [1.82, 2.24) is 5.32 Å². The fraction of sp³-hybridized carbons (Fsp3) is 0.333. The van der Waals surface area contributed by atoms with Crippen molar-refractivity contribution in [3.63, 3.8) is 0 Å². The summed E-state index contributed by atoms with van der Waals surface area (Å²) < 4.78 is 0. The van der Waals surface area contributed by atoms with Crippen molar-refractivity contribution in [1.29, 1.82) is 0 Å². The number of nitrogens with one attached hydrogen (secondary N) is 1. The third-order valence-electron chi connectivity index (χ3n) is 2.82. The molecule has 0 saturated carbocycles. The molecule has 2 rings (SSSR count). The van der Waals surface area contributed by atoms with E-state index in [0.717, 1.165) is 11.3 Å². The third kappa shape index (κ3) is 1.56. The maximum absolute atomic E-state index is 11.7. The van der Waals surface area contributed by atoms with Gasteiger partial charge in [-0.2, -0.15) is 0 Å². The number of imide groups is 1. The molecule has 4 heteroatoms. The zero-order valence-electron chi connectivity index (χ0n) is 9.36. The van der Waals surface area contributed by atoms with Gasteiger partial charge in [0.1, 0.15) is 6.04 Å². The highest BCUT2D eigenvalue weighted by atomic mass is 16.2. The number of nitrogens with zero attached hydrogens (tertiary/aromatic N) is 1. The minimum absolute atomic E-state index is 0.212. The molecule has 1 saturated heterocycles. The number of hydrogen-bond donors (Lipinski definition) is 1. The lowest BCUT2D eigenvalue weighted by molar-refractivity contribution is -0.119. The van der Waals surface area contributed by atoms with Crippen LogP contribution in [0.3, 0.4) is 0 Å². The Hall–Kier alpha value is -1.84. The number of rotatable bonds is 2. The molecule has 1 heterocycles. The van der Waals surface area contributed by atoms with Crippen molar-refractivity contribution in [3.8, 4) is 0 Å². The van der Waals surface area contributed by atoms with Crippen LogP contribution in [0, 0.1) is 6.92 Å². The second kappa shape index (κ2) is 3.96. The molecule has 84 valence electrons. The molecule has 0 aliphatic carbocycles. The number of amides is 3. The molecule has 0 radical (unpaired) electrons. The number of aryl methyl sites for hydroxylation is 1. The summed E-state index contributed by atoms with van der Waals surface area (Å²) in [6.07, 6.45) is 0.617. The first-order chi connectivity index (χ1) is 7.65. The highest BCUT2D eigenvalue weighted by Gasteiger charge is 2.38. The second-order valence-corrected chi connectivity index (χ2v) is 3.87. The van der Waals surface area contributed by atoms with Crippen LogP contribution in [0.2, 0.25) is 0 Å². The topological polar surface area (TPSA) is 49.4 Å². The molecule has 1 atom stereocenters. The van der Waals surface area contributed by atoms with Crippen molar-refractivity contribution in [2.45, 2.75) is 26.3 Å². The van der Waals surface area contributed by atoms with Crippen LogP contribution in [-0.2, 0) is 4.79 Å². The summed E-state index contributed by atoms with van der Waals surface area (Å²) in [6.45, 7) is 3.83. The van der Waals surface area contributed by atoms with Crippen LogP contribution in [-0.4, -0.2) is 18.0 Å². The highest BCUT2D eigenvalue weighted by molar-refractivity contribution is 6.14. The van der Waals surface area contributed by atoms with E-state index in [1.807, 2.05) is 38.1 Å². The van der Waals surface area contributed by atoms with Crippen molar-refractivity contribution in [2.75, 3.05) is 4.90 Å². The number of carbonyl (C=O) groups is 2. The molecule has 1 aromatic rings. The van der Waals surface area contributed by atoms with Crippen molar-refractivity contribution >= 4 is 17.6 Å². The zero-order valence-corrected chi connectivity index (χ0v) is 9.36. The maximum atomic E-state index is 11.7. The van der Waals surface area contributed by atoms with E-state index >= 15 is 0 Å². The average molecular weight is 218 g/mol. The van der Waals surface area contributed by atoms with E-state index in [2.05, 4.69) is 5.32 Å². The van der Waals surface area contributed by atoms with Gasteiger partial charge in [-0.3, -0.25) is 15.0 Å². The van der Waals surface area contributed by atoms with Gasteiger partial charge >= 0.3 is 6.03 Å². The molecule has 16 heavy (non-hydrogen) atoms. The Morgan fingerprint density at radius 1 is 1.31 bits per heavy atom. The second-order valence-electron chi connectivity index (χ2n) is 3.87. The van der Waals surface area contributed by atoms with Gasteiger partial charge in [0.25, 0.3) is 5.91 Å². The predicted octanol–water partition coefficient (Wildman–Crippen LogP) is 1.83. The molecule has 0 spiro atoms. The number of para-hydroxylation sites is 1. The smallest absolute Gasteiger partial charge is 0.281 e. The van der Waals surface area contributed by atoms with E-state index in [9.17, 15) is 9.59 Å².